The van der Waals surface area contributed by atoms with Gasteiger partial charge in [-0.15, -0.1) is 0 Å². The molecule has 10 aromatic rings. The van der Waals surface area contributed by atoms with E-state index in [1.165, 1.54) is 44.1 Å². The summed E-state index contributed by atoms with van der Waals surface area (Å²) in [5, 5.41) is 4.70. The highest BCUT2D eigenvalue weighted by Crippen LogP contribution is 2.39. The maximum atomic E-state index is 5.01. The summed E-state index contributed by atoms with van der Waals surface area (Å²) in [6.45, 7) is 0. The number of nitrogens with zero attached hydrogens (tertiary/aromatic N) is 4. The molecule has 8 aromatic carbocycles. The Labute approximate surface area is 307 Å². The van der Waals surface area contributed by atoms with E-state index >= 15 is 0 Å². The molecule has 2 heterocycles. The third-order valence-corrected chi connectivity index (χ3v) is 10.0. The first-order chi connectivity index (χ1) is 26.3. The maximum absolute atomic E-state index is 5.01. The van der Waals surface area contributed by atoms with Crippen molar-refractivity contribution in [2.75, 3.05) is 0 Å². The van der Waals surface area contributed by atoms with Crippen LogP contribution in [0.3, 0.4) is 0 Å². The normalized spacial score (nSPS) is 11.4. The first-order valence-corrected chi connectivity index (χ1v) is 17.9. The van der Waals surface area contributed by atoms with Crippen LogP contribution in [0.2, 0.25) is 0 Å². The van der Waals surface area contributed by atoms with Crippen molar-refractivity contribution in [2.45, 2.75) is 0 Å². The van der Waals surface area contributed by atoms with E-state index in [0.29, 0.717) is 17.5 Å². The standard InChI is InChI=1S/C49H32N4/c1-5-14-33(15-6-1)37-24-28-42-43-29-25-38(34-16-7-2-8-17-34)32-46(43)53(45(42)31-37)44-23-13-22-39-30-40(26-27-41(39)44)49-51-47(35-18-9-3-10-19-35)50-48(52-49)36-20-11-4-12-21-36/h1-32H. The minimum atomic E-state index is 0.641. The molecule has 0 spiro atoms. The monoisotopic (exact) mass is 676 g/mol. The van der Waals surface area contributed by atoms with Crippen molar-refractivity contribution >= 4 is 32.6 Å². The summed E-state index contributed by atoms with van der Waals surface area (Å²) in [4.78, 5) is 14.9. The topological polar surface area (TPSA) is 43.6 Å². The molecule has 0 bridgehead atoms. The van der Waals surface area contributed by atoms with Crippen LogP contribution in [0.15, 0.2) is 194 Å². The van der Waals surface area contributed by atoms with Gasteiger partial charge >= 0.3 is 0 Å². The van der Waals surface area contributed by atoms with Crippen molar-refractivity contribution in [3.8, 4) is 62.1 Å². The molecule has 0 saturated carbocycles. The molecule has 4 heteroatoms. The zero-order valence-electron chi connectivity index (χ0n) is 28.8. The van der Waals surface area contributed by atoms with E-state index in [2.05, 4.69) is 138 Å². The third kappa shape index (κ3) is 5.54. The molecule has 0 aliphatic heterocycles. The molecular formula is C49H32N4. The Bertz CT molecular complexity index is 2760. The van der Waals surface area contributed by atoms with Gasteiger partial charge in [0.15, 0.2) is 17.5 Å². The summed E-state index contributed by atoms with van der Waals surface area (Å²) in [6.07, 6.45) is 0. The van der Waals surface area contributed by atoms with Crippen molar-refractivity contribution in [1.29, 1.82) is 0 Å². The van der Waals surface area contributed by atoms with Crippen LogP contribution in [0.4, 0.5) is 0 Å². The second-order valence-corrected chi connectivity index (χ2v) is 13.3. The fourth-order valence-electron chi connectivity index (χ4n) is 7.44. The minimum Gasteiger partial charge on any atom is -0.309 e. The molecule has 10 rings (SSSR count). The van der Waals surface area contributed by atoms with E-state index in [-0.39, 0.29) is 0 Å². The van der Waals surface area contributed by atoms with Gasteiger partial charge in [0.1, 0.15) is 0 Å². The molecule has 0 saturated heterocycles. The van der Waals surface area contributed by atoms with Crippen LogP contribution in [-0.2, 0) is 0 Å². The van der Waals surface area contributed by atoms with Gasteiger partial charge in [0.25, 0.3) is 0 Å². The van der Waals surface area contributed by atoms with Crippen LogP contribution in [0.1, 0.15) is 0 Å². The highest BCUT2D eigenvalue weighted by molar-refractivity contribution is 6.12. The summed E-state index contributed by atoms with van der Waals surface area (Å²) >= 11 is 0. The Hall–Kier alpha value is -7.17. The average molecular weight is 677 g/mol. The summed E-state index contributed by atoms with van der Waals surface area (Å²) in [5.74, 6) is 1.94. The van der Waals surface area contributed by atoms with Gasteiger partial charge in [-0.1, -0.05) is 170 Å². The van der Waals surface area contributed by atoms with Gasteiger partial charge in [0.05, 0.1) is 16.7 Å². The first-order valence-electron chi connectivity index (χ1n) is 17.9. The van der Waals surface area contributed by atoms with Crippen LogP contribution >= 0.6 is 0 Å². The number of fused-ring (bicyclic) bond motifs is 4. The first kappa shape index (κ1) is 30.6. The fourth-order valence-corrected chi connectivity index (χ4v) is 7.44. The summed E-state index contributed by atoms with van der Waals surface area (Å²) in [7, 11) is 0. The third-order valence-electron chi connectivity index (χ3n) is 10.0. The van der Waals surface area contributed by atoms with Gasteiger partial charge in [-0.05, 0) is 51.9 Å². The quantitative estimate of drug-likeness (QED) is 0.176. The molecule has 2 aromatic heterocycles. The molecule has 0 N–H and O–H groups in total. The molecule has 4 nitrogen and oxygen atoms in total. The zero-order chi connectivity index (χ0) is 35.1. The Balaban J connectivity index is 1.18. The SMILES string of the molecule is c1ccc(-c2ccc3c4ccc(-c5ccccc5)cc4n(-c4cccc5cc(-c6nc(-c7ccccc7)nc(-c7ccccc7)n6)ccc45)c3c2)cc1. The van der Waals surface area contributed by atoms with E-state index in [1.54, 1.807) is 0 Å². The number of benzene rings is 8. The predicted octanol–water partition coefficient (Wildman–Crippen LogP) is 12.5. The number of aromatic nitrogens is 4. The number of hydrogen-bond acceptors (Lipinski definition) is 3. The molecular weight excluding hydrogens is 645 g/mol. The predicted molar refractivity (Wildman–Crippen MR) is 219 cm³/mol. The van der Waals surface area contributed by atoms with Crippen LogP contribution in [0.25, 0.3) is 94.7 Å². The molecule has 0 unspecified atom stereocenters. The summed E-state index contributed by atoms with van der Waals surface area (Å²) in [5.41, 5.74) is 11.1. The van der Waals surface area contributed by atoms with Gasteiger partial charge in [-0.25, -0.2) is 15.0 Å². The minimum absolute atomic E-state index is 0.641. The Kier molecular flexibility index (Phi) is 7.43. The van der Waals surface area contributed by atoms with Gasteiger partial charge in [0.2, 0.25) is 0 Å². The Morgan fingerprint density at radius 2 is 0.698 bits per heavy atom. The highest BCUT2D eigenvalue weighted by atomic mass is 15.0. The molecule has 0 aliphatic carbocycles. The zero-order valence-corrected chi connectivity index (χ0v) is 28.8. The molecule has 53 heavy (non-hydrogen) atoms. The Morgan fingerprint density at radius 1 is 0.283 bits per heavy atom. The van der Waals surface area contributed by atoms with Crippen molar-refractivity contribution in [3.05, 3.63) is 194 Å². The number of rotatable bonds is 6. The van der Waals surface area contributed by atoms with Crippen molar-refractivity contribution in [1.82, 2.24) is 19.5 Å². The van der Waals surface area contributed by atoms with Crippen LogP contribution in [0, 0.1) is 0 Å². The smallest absolute Gasteiger partial charge is 0.164 e. The second-order valence-electron chi connectivity index (χ2n) is 13.3. The van der Waals surface area contributed by atoms with E-state index < -0.39 is 0 Å². The van der Waals surface area contributed by atoms with Gasteiger partial charge < -0.3 is 4.57 Å². The average Bonchev–Trinajstić information content (AvgIpc) is 3.57. The van der Waals surface area contributed by atoms with E-state index in [1.807, 2.05) is 60.7 Å². The van der Waals surface area contributed by atoms with E-state index in [9.17, 15) is 0 Å². The van der Waals surface area contributed by atoms with Crippen LogP contribution in [0.5, 0.6) is 0 Å². The molecule has 0 amide bonds. The van der Waals surface area contributed by atoms with Crippen molar-refractivity contribution < 1.29 is 0 Å². The Morgan fingerprint density at radius 3 is 1.19 bits per heavy atom. The number of hydrogen-bond donors (Lipinski definition) is 0. The largest absolute Gasteiger partial charge is 0.309 e. The van der Waals surface area contributed by atoms with E-state index in [4.69, 9.17) is 15.0 Å². The van der Waals surface area contributed by atoms with Gasteiger partial charge in [-0.3, -0.25) is 0 Å². The van der Waals surface area contributed by atoms with Gasteiger partial charge in [-0.2, -0.15) is 0 Å². The molecule has 248 valence electrons. The second kappa shape index (κ2) is 12.9. The molecule has 0 fully saturated rings. The van der Waals surface area contributed by atoms with E-state index in [0.717, 1.165) is 33.2 Å². The lowest BCUT2D eigenvalue weighted by atomic mass is 10.0. The summed E-state index contributed by atoms with van der Waals surface area (Å²) < 4.78 is 2.44. The molecule has 0 aliphatic rings. The molecule has 0 radical (unpaired) electrons. The van der Waals surface area contributed by atoms with Crippen LogP contribution in [-0.4, -0.2) is 19.5 Å². The lowest BCUT2D eigenvalue weighted by molar-refractivity contribution is 1.07. The lowest BCUT2D eigenvalue weighted by Crippen LogP contribution is -2.00. The maximum Gasteiger partial charge on any atom is 0.164 e. The lowest BCUT2D eigenvalue weighted by Gasteiger charge is -2.14. The van der Waals surface area contributed by atoms with Crippen molar-refractivity contribution in [3.63, 3.8) is 0 Å². The van der Waals surface area contributed by atoms with Crippen molar-refractivity contribution in [2.24, 2.45) is 0 Å². The van der Waals surface area contributed by atoms with Crippen LogP contribution < -0.4 is 0 Å². The highest BCUT2D eigenvalue weighted by Gasteiger charge is 2.18. The summed E-state index contributed by atoms with van der Waals surface area (Å²) in [6, 6.07) is 68.3. The fraction of sp³-hybridized carbons (Fsp3) is 0. The van der Waals surface area contributed by atoms with Gasteiger partial charge in [0, 0.05) is 32.8 Å². The molecule has 0 atom stereocenters.